The Morgan fingerprint density at radius 1 is 0.818 bits per heavy atom. The van der Waals surface area contributed by atoms with Crippen molar-refractivity contribution >= 4 is 29.0 Å². The Morgan fingerprint density at radius 3 is 2.15 bits per heavy atom. The number of hydrogen-bond donors (Lipinski definition) is 2. The van der Waals surface area contributed by atoms with Crippen molar-refractivity contribution in [2.75, 3.05) is 17.2 Å². The number of Topliss-reactive ketones (excluding diaryl/α,β-unsaturated/α-hetero) is 1. The number of rotatable bonds is 7. The van der Waals surface area contributed by atoms with Gasteiger partial charge in [-0.15, -0.1) is 0 Å². The molecule has 0 atom stereocenters. The van der Waals surface area contributed by atoms with Crippen LogP contribution in [0.1, 0.15) is 33.2 Å². The van der Waals surface area contributed by atoms with Crippen molar-refractivity contribution in [2.24, 2.45) is 0 Å². The normalized spacial score (nSPS) is 10.9. The molecule has 3 aromatic rings. The molecule has 0 saturated heterocycles. The van der Waals surface area contributed by atoms with Crippen LogP contribution in [-0.4, -0.2) is 24.2 Å². The molecule has 0 unspecified atom stereocenters. The predicted molar refractivity (Wildman–Crippen MR) is 116 cm³/mol. The lowest BCUT2D eigenvalue weighted by atomic mass is 10.1. The van der Waals surface area contributed by atoms with E-state index in [1.54, 1.807) is 24.3 Å². The molecule has 2 amide bonds. The average molecular weight is 456 g/mol. The van der Waals surface area contributed by atoms with E-state index in [1.165, 1.54) is 43.3 Å². The smallest absolute Gasteiger partial charge is 0.416 e. The van der Waals surface area contributed by atoms with Crippen molar-refractivity contribution in [1.82, 2.24) is 0 Å². The molecule has 0 saturated carbocycles. The summed E-state index contributed by atoms with van der Waals surface area (Å²) in [6.45, 7) is 1.09. The Hall–Kier alpha value is -4.14. The summed E-state index contributed by atoms with van der Waals surface area (Å²) < 4.78 is 43.9. The van der Waals surface area contributed by atoms with Crippen LogP contribution in [-0.2, 0) is 11.0 Å². The third-order valence-corrected chi connectivity index (χ3v) is 4.47. The fourth-order valence-electron chi connectivity index (χ4n) is 2.87. The van der Waals surface area contributed by atoms with Crippen LogP contribution in [0.2, 0.25) is 0 Å². The summed E-state index contributed by atoms with van der Waals surface area (Å²) >= 11 is 0. The van der Waals surface area contributed by atoms with Crippen LogP contribution in [0.5, 0.6) is 5.75 Å². The molecule has 9 heteroatoms. The van der Waals surface area contributed by atoms with E-state index in [2.05, 4.69) is 10.6 Å². The van der Waals surface area contributed by atoms with Gasteiger partial charge in [-0.05, 0) is 55.5 Å². The van der Waals surface area contributed by atoms with Gasteiger partial charge in [0.25, 0.3) is 11.8 Å². The van der Waals surface area contributed by atoms with E-state index in [4.69, 9.17) is 4.74 Å². The minimum absolute atomic E-state index is 0.00884. The maximum Gasteiger partial charge on any atom is 0.416 e. The van der Waals surface area contributed by atoms with Crippen LogP contribution in [0.25, 0.3) is 0 Å². The first kappa shape index (κ1) is 23.5. The number of carbonyl (C=O) groups excluding carboxylic acids is 3. The number of carbonyl (C=O) groups is 3. The molecule has 0 aliphatic heterocycles. The first-order valence-corrected chi connectivity index (χ1v) is 9.74. The maximum absolute atomic E-state index is 12.9. The molecule has 0 bridgehead atoms. The van der Waals surface area contributed by atoms with Crippen molar-refractivity contribution in [2.45, 2.75) is 13.1 Å². The van der Waals surface area contributed by atoms with E-state index in [0.29, 0.717) is 17.0 Å². The Bertz CT molecular complexity index is 1190. The summed E-state index contributed by atoms with van der Waals surface area (Å²) in [4.78, 5) is 36.1. The second kappa shape index (κ2) is 9.99. The lowest BCUT2D eigenvalue weighted by molar-refractivity contribution is -0.137. The quantitative estimate of drug-likeness (QED) is 0.480. The largest absolute Gasteiger partial charge is 0.484 e. The van der Waals surface area contributed by atoms with Gasteiger partial charge in [0.15, 0.2) is 12.4 Å². The van der Waals surface area contributed by atoms with E-state index in [0.717, 1.165) is 12.1 Å². The number of hydrogen-bond acceptors (Lipinski definition) is 4. The highest BCUT2D eigenvalue weighted by atomic mass is 19.4. The standard InChI is InChI=1S/C24H19F3N2O4/c1-15(30)16-5-3-10-21(12-16)33-14-22(31)28-19-8-2-6-17(11-19)23(32)29-20-9-4-7-18(13-20)24(25,26)27/h2-13H,14H2,1H3,(H,28,31)(H,29,32). The van der Waals surface area contributed by atoms with E-state index in [-0.39, 0.29) is 23.6 Å². The molecular formula is C24H19F3N2O4. The first-order valence-electron chi connectivity index (χ1n) is 9.74. The molecule has 170 valence electrons. The zero-order valence-corrected chi connectivity index (χ0v) is 17.4. The zero-order chi connectivity index (χ0) is 24.0. The van der Waals surface area contributed by atoms with E-state index in [9.17, 15) is 27.6 Å². The summed E-state index contributed by atoms with van der Waals surface area (Å²) in [5.41, 5.74) is 0.00562. The van der Waals surface area contributed by atoms with Gasteiger partial charge in [0.2, 0.25) is 0 Å². The Balaban J connectivity index is 1.61. The summed E-state index contributed by atoms with van der Waals surface area (Å²) in [6.07, 6.45) is -4.53. The SMILES string of the molecule is CC(=O)c1cccc(OCC(=O)Nc2cccc(C(=O)Nc3cccc(C(F)(F)F)c3)c2)c1. The zero-order valence-electron chi connectivity index (χ0n) is 17.4. The van der Waals surface area contributed by atoms with Crippen LogP contribution in [0.3, 0.4) is 0 Å². The highest BCUT2D eigenvalue weighted by Crippen LogP contribution is 2.30. The van der Waals surface area contributed by atoms with Gasteiger partial charge >= 0.3 is 6.18 Å². The van der Waals surface area contributed by atoms with Crippen LogP contribution in [0.4, 0.5) is 24.5 Å². The molecule has 3 aromatic carbocycles. The van der Waals surface area contributed by atoms with Crippen LogP contribution in [0.15, 0.2) is 72.8 Å². The molecule has 0 fully saturated rings. The number of nitrogens with one attached hydrogen (secondary N) is 2. The molecule has 0 aromatic heterocycles. The third kappa shape index (κ3) is 6.67. The number of benzene rings is 3. The minimum Gasteiger partial charge on any atom is -0.484 e. The van der Waals surface area contributed by atoms with Gasteiger partial charge in [-0.2, -0.15) is 13.2 Å². The minimum atomic E-state index is -4.53. The van der Waals surface area contributed by atoms with Gasteiger partial charge in [0.1, 0.15) is 5.75 Å². The fraction of sp³-hybridized carbons (Fsp3) is 0.125. The second-order valence-electron chi connectivity index (χ2n) is 7.03. The van der Waals surface area contributed by atoms with E-state index < -0.39 is 23.6 Å². The molecular weight excluding hydrogens is 437 g/mol. The number of alkyl halides is 3. The van der Waals surface area contributed by atoms with Gasteiger partial charge in [-0.25, -0.2) is 0 Å². The summed E-state index contributed by atoms with van der Waals surface area (Å²) in [5, 5.41) is 4.99. The van der Waals surface area contributed by atoms with Gasteiger partial charge in [-0.1, -0.05) is 24.3 Å². The number of ether oxygens (including phenoxy) is 1. The third-order valence-electron chi connectivity index (χ3n) is 4.47. The number of halogens is 3. The second-order valence-corrected chi connectivity index (χ2v) is 7.03. The monoisotopic (exact) mass is 456 g/mol. The lowest BCUT2D eigenvalue weighted by Gasteiger charge is -2.11. The number of amides is 2. The van der Waals surface area contributed by atoms with Crippen molar-refractivity contribution in [1.29, 1.82) is 0 Å². The van der Waals surface area contributed by atoms with Crippen molar-refractivity contribution in [3.8, 4) is 5.75 Å². The maximum atomic E-state index is 12.9. The van der Waals surface area contributed by atoms with E-state index in [1.807, 2.05) is 0 Å². The molecule has 33 heavy (non-hydrogen) atoms. The fourth-order valence-corrected chi connectivity index (χ4v) is 2.87. The highest BCUT2D eigenvalue weighted by Gasteiger charge is 2.30. The molecule has 0 spiro atoms. The van der Waals surface area contributed by atoms with Gasteiger partial charge in [0, 0.05) is 22.5 Å². The van der Waals surface area contributed by atoms with E-state index >= 15 is 0 Å². The van der Waals surface area contributed by atoms with Crippen LogP contribution >= 0.6 is 0 Å². The molecule has 0 radical (unpaired) electrons. The number of anilines is 2. The molecule has 2 N–H and O–H groups in total. The Kier molecular flexibility index (Phi) is 7.12. The number of ketones is 1. The Labute approximate surface area is 187 Å². The van der Waals surface area contributed by atoms with Crippen LogP contribution in [0, 0.1) is 0 Å². The van der Waals surface area contributed by atoms with Gasteiger partial charge < -0.3 is 15.4 Å². The van der Waals surface area contributed by atoms with Gasteiger partial charge in [0.05, 0.1) is 5.56 Å². The molecule has 3 rings (SSSR count). The lowest BCUT2D eigenvalue weighted by Crippen LogP contribution is -2.20. The highest BCUT2D eigenvalue weighted by molar-refractivity contribution is 6.05. The summed E-state index contributed by atoms with van der Waals surface area (Å²) in [6, 6.07) is 16.6. The van der Waals surface area contributed by atoms with Crippen molar-refractivity contribution in [3.05, 3.63) is 89.5 Å². The van der Waals surface area contributed by atoms with Crippen molar-refractivity contribution < 1.29 is 32.3 Å². The topological polar surface area (TPSA) is 84.5 Å². The average Bonchev–Trinajstić information content (AvgIpc) is 2.77. The summed E-state index contributed by atoms with van der Waals surface area (Å²) in [7, 11) is 0. The molecule has 0 aliphatic carbocycles. The van der Waals surface area contributed by atoms with Crippen molar-refractivity contribution in [3.63, 3.8) is 0 Å². The molecule has 0 aliphatic rings. The molecule has 6 nitrogen and oxygen atoms in total. The van der Waals surface area contributed by atoms with Gasteiger partial charge in [-0.3, -0.25) is 14.4 Å². The predicted octanol–water partition coefficient (Wildman–Crippen LogP) is 5.18. The summed E-state index contributed by atoms with van der Waals surface area (Å²) in [5.74, 6) is -0.918. The Morgan fingerprint density at radius 2 is 1.45 bits per heavy atom. The molecule has 0 heterocycles. The first-order chi connectivity index (χ1) is 15.6. The van der Waals surface area contributed by atoms with Crippen LogP contribution < -0.4 is 15.4 Å².